The number of nitrogens with one attached hydrogen (secondary N) is 1. The standard InChI is InChI=1S/C17H28N2O2S/c1-13(2)15-6-11-22-16(15)17(20)18-12-14-4-7-19(8-5-14)9-10-21-3/h6,11,13-14H,4-5,7-10,12H2,1-3H3,(H,18,20). The van der Waals surface area contributed by atoms with E-state index in [2.05, 4.69) is 30.1 Å². The number of piperidine rings is 1. The van der Waals surface area contributed by atoms with Crippen LogP contribution in [-0.2, 0) is 4.74 Å². The molecule has 4 nitrogen and oxygen atoms in total. The third-order valence-corrected chi connectivity index (χ3v) is 5.32. The Hall–Kier alpha value is -0.910. The lowest BCUT2D eigenvalue weighted by Gasteiger charge is -2.31. The van der Waals surface area contributed by atoms with Crippen molar-refractivity contribution in [3.63, 3.8) is 0 Å². The van der Waals surface area contributed by atoms with Crippen LogP contribution in [0.1, 0.15) is 47.8 Å². The summed E-state index contributed by atoms with van der Waals surface area (Å²) in [6.07, 6.45) is 2.32. The molecule has 1 saturated heterocycles. The molecule has 0 atom stereocenters. The molecule has 1 amide bonds. The number of thiophene rings is 1. The molecule has 0 aromatic carbocycles. The van der Waals surface area contributed by atoms with Crippen molar-refractivity contribution < 1.29 is 9.53 Å². The van der Waals surface area contributed by atoms with E-state index in [0.717, 1.165) is 56.1 Å². The van der Waals surface area contributed by atoms with Gasteiger partial charge in [-0.05, 0) is 54.8 Å². The minimum Gasteiger partial charge on any atom is -0.383 e. The van der Waals surface area contributed by atoms with Crippen molar-refractivity contribution in [2.45, 2.75) is 32.6 Å². The summed E-state index contributed by atoms with van der Waals surface area (Å²) >= 11 is 1.55. The summed E-state index contributed by atoms with van der Waals surface area (Å²) < 4.78 is 5.12. The molecule has 0 unspecified atom stereocenters. The van der Waals surface area contributed by atoms with Gasteiger partial charge >= 0.3 is 0 Å². The highest BCUT2D eigenvalue weighted by Gasteiger charge is 2.21. The maximum atomic E-state index is 12.4. The maximum Gasteiger partial charge on any atom is 0.261 e. The van der Waals surface area contributed by atoms with E-state index in [-0.39, 0.29) is 5.91 Å². The first-order valence-electron chi connectivity index (χ1n) is 8.18. The summed E-state index contributed by atoms with van der Waals surface area (Å²) in [7, 11) is 1.75. The summed E-state index contributed by atoms with van der Waals surface area (Å²) in [5.74, 6) is 1.10. The smallest absolute Gasteiger partial charge is 0.261 e. The van der Waals surface area contributed by atoms with Crippen LogP contribution in [-0.4, -0.2) is 50.7 Å². The lowest BCUT2D eigenvalue weighted by Crippen LogP contribution is -2.39. The summed E-state index contributed by atoms with van der Waals surface area (Å²) in [5.41, 5.74) is 1.16. The first kappa shape index (κ1) is 17.4. The van der Waals surface area contributed by atoms with Gasteiger partial charge in [-0.2, -0.15) is 0 Å². The SMILES string of the molecule is COCCN1CCC(CNC(=O)c2sccc2C(C)C)CC1. The molecular weight excluding hydrogens is 296 g/mol. The Bertz CT molecular complexity index is 465. The first-order valence-corrected chi connectivity index (χ1v) is 9.06. The van der Waals surface area contributed by atoms with Gasteiger partial charge in [-0.15, -0.1) is 11.3 Å². The molecule has 5 heteroatoms. The number of carbonyl (C=O) groups excluding carboxylic acids is 1. The highest BCUT2D eigenvalue weighted by atomic mass is 32.1. The van der Waals surface area contributed by atoms with Gasteiger partial charge in [0.25, 0.3) is 5.91 Å². The molecular formula is C17H28N2O2S. The topological polar surface area (TPSA) is 41.6 Å². The van der Waals surface area contributed by atoms with Crippen LogP contribution in [0.4, 0.5) is 0 Å². The molecule has 1 aliphatic rings. The van der Waals surface area contributed by atoms with E-state index in [0.29, 0.717) is 11.8 Å². The molecule has 0 saturated carbocycles. The van der Waals surface area contributed by atoms with Crippen LogP contribution in [0.15, 0.2) is 11.4 Å². The number of rotatable bonds is 7. The molecule has 0 spiro atoms. The van der Waals surface area contributed by atoms with Crippen LogP contribution in [0, 0.1) is 5.92 Å². The highest BCUT2D eigenvalue weighted by Crippen LogP contribution is 2.24. The van der Waals surface area contributed by atoms with Crippen molar-refractivity contribution in [2.24, 2.45) is 5.92 Å². The zero-order chi connectivity index (χ0) is 15.9. The van der Waals surface area contributed by atoms with Gasteiger partial charge in [0.05, 0.1) is 11.5 Å². The fraction of sp³-hybridized carbons (Fsp3) is 0.706. The average molecular weight is 324 g/mol. The molecule has 124 valence electrons. The largest absolute Gasteiger partial charge is 0.383 e. The quantitative estimate of drug-likeness (QED) is 0.838. The molecule has 22 heavy (non-hydrogen) atoms. The third-order valence-electron chi connectivity index (χ3n) is 4.39. The number of nitrogens with zero attached hydrogens (tertiary/aromatic N) is 1. The minimum absolute atomic E-state index is 0.0977. The minimum atomic E-state index is 0.0977. The van der Waals surface area contributed by atoms with E-state index < -0.39 is 0 Å². The zero-order valence-corrected chi connectivity index (χ0v) is 14.7. The van der Waals surface area contributed by atoms with Gasteiger partial charge in [0.1, 0.15) is 0 Å². The van der Waals surface area contributed by atoms with E-state index >= 15 is 0 Å². The second-order valence-electron chi connectivity index (χ2n) is 6.35. The number of carbonyl (C=O) groups is 1. The van der Waals surface area contributed by atoms with Crippen LogP contribution in [0.2, 0.25) is 0 Å². The number of methoxy groups -OCH3 is 1. The van der Waals surface area contributed by atoms with Gasteiger partial charge in [-0.25, -0.2) is 0 Å². The van der Waals surface area contributed by atoms with Crippen molar-refractivity contribution in [2.75, 3.05) is 39.9 Å². The molecule has 0 bridgehead atoms. The van der Waals surface area contributed by atoms with E-state index in [9.17, 15) is 4.79 Å². The predicted molar refractivity (Wildman–Crippen MR) is 91.8 cm³/mol. The van der Waals surface area contributed by atoms with E-state index in [1.54, 1.807) is 18.4 Å². The Morgan fingerprint density at radius 1 is 1.45 bits per heavy atom. The van der Waals surface area contributed by atoms with E-state index in [1.807, 2.05) is 5.38 Å². The fourth-order valence-electron chi connectivity index (χ4n) is 2.91. The summed E-state index contributed by atoms with van der Waals surface area (Å²) in [6.45, 7) is 9.11. The number of ether oxygens (including phenoxy) is 1. The Kier molecular flexibility index (Phi) is 6.86. The summed E-state index contributed by atoms with van der Waals surface area (Å²) in [5, 5.41) is 5.15. The van der Waals surface area contributed by atoms with Crippen LogP contribution in [0.3, 0.4) is 0 Å². The van der Waals surface area contributed by atoms with Crippen molar-refractivity contribution >= 4 is 17.2 Å². The lowest BCUT2D eigenvalue weighted by molar-refractivity contribution is 0.0928. The molecule has 1 aromatic heterocycles. The Labute approximate surface area is 137 Å². The van der Waals surface area contributed by atoms with E-state index in [4.69, 9.17) is 4.74 Å². The monoisotopic (exact) mass is 324 g/mol. The van der Waals surface area contributed by atoms with Gasteiger partial charge in [0, 0.05) is 20.2 Å². The lowest BCUT2D eigenvalue weighted by atomic mass is 9.96. The molecule has 0 radical (unpaired) electrons. The van der Waals surface area contributed by atoms with E-state index in [1.165, 1.54) is 0 Å². The predicted octanol–water partition coefficient (Wildman–Crippen LogP) is 2.96. The van der Waals surface area contributed by atoms with Gasteiger partial charge in [0.15, 0.2) is 0 Å². The molecule has 1 aromatic rings. The highest BCUT2D eigenvalue weighted by molar-refractivity contribution is 7.12. The molecule has 0 aliphatic carbocycles. The maximum absolute atomic E-state index is 12.4. The van der Waals surface area contributed by atoms with Crippen LogP contribution in [0.5, 0.6) is 0 Å². The van der Waals surface area contributed by atoms with Gasteiger partial charge in [-0.1, -0.05) is 13.8 Å². The normalized spacial score (nSPS) is 17.1. The summed E-state index contributed by atoms with van der Waals surface area (Å²) in [4.78, 5) is 15.7. The van der Waals surface area contributed by atoms with Crippen molar-refractivity contribution in [3.05, 3.63) is 21.9 Å². The number of amides is 1. The second kappa shape index (κ2) is 8.65. The molecule has 1 aliphatic heterocycles. The molecule has 2 rings (SSSR count). The molecule has 2 heterocycles. The second-order valence-corrected chi connectivity index (χ2v) is 7.26. The van der Waals surface area contributed by atoms with Crippen molar-refractivity contribution in [1.82, 2.24) is 10.2 Å². The Morgan fingerprint density at radius 2 is 2.18 bits per heavy atom. The van der Waals surface area contributed by atoms with Gasteiger partial charge < -0.3 is 15.0 Å². The molecule has 1 fully saturated rings. The number of likely N-dealkylation sites (tertiary alicyclic amines) is 1. The molecule has 1 N–H and O–H groups in total. The average Bonchev–Trinajstić information content (AvgIpc) is 3.01. The van der Waals surface area contributed by atoms with Crippen molar-refractivity contribution in [3.8, 4) is 0 Å². The van der Waals surface area contributed by atoms with Gasteiger partial charge in [0.2, 0.25) is 0 Å². The first-order chi connectivity index (χ1) is 10.6. The third kappa shape index (κ3) is 4.80. The summed E-state index contributed by atoms with van der Waals surface area (Å²) in [6, 6.07) is 2.07. The van der Waals surface area contributed by atoms with Crippen LogP contribution in [0.25, 0.3) is 0 Å². The Morgan fingerprint density at radius 3 is 2.82 bits per heavy atom. The number of hydrogen-bond acceptors (Lipinski definition) is 4. The van der Waals surface area contributed by atoms with Gasteiger partial charge in [-0.3, -0.25) is 4.79 Å². The zero-order valence-electron chi connectivity index (χ0n) is 13.9. The van der Waals surface area contributed by atoms with Crippen LogP contribution >= 0.6 is 11.3 Å². The van der Waals surface area contributed by atoms with Crippen molar-refractivity contribution in [1.29, 1.82) is 0 Å². The Balaban J connectivity index is 1.74. The van der Waals surface area contributed by atoms with Crippen LogP contribution < -0.4 is 5.32 Å². The number of hydrogen-bond donors (Lipinski definition) is 1. The fourth-order valence-corrected chi connectivity index (χ4v) is 3.88.